The number of aromatic amines is 1. The molecule has 4 heterocycles. The maximum absolute atomic E-state index is 12.0. The Morgan fingerprint density at radius 3 is 2.91 bits per heavy atom. The van der Waals surface area contributed by atoms with Crippen molar-refractivity contribution in [2.24, 2.45) is 0 Å². The Bertz CT molecular complexity index is 871. The predicted molar refractivity (Wildman–Crippen MR) is 73.6 cm³/mol. The van der Waals surface area contributed by atoms with Crippen molar-refractivity contribution in [3.63, 3.8) is 0 Å². The SMILES string of the molecule is Cc1cn([C@@H]2O[C@@]3(CO)c4cnnn4[C@@H]2[C@@H]3O)c(=O)[nH]c1=O.O. The summed E-state index contributed by atoms with van der Waals surface area (Å²) in [6, 6.07) is -0.715. The van der Waals surface area contributed by atoms with Gasteiger partial charge in [-0.1, -0.05) is 5.21 Å². The lowest BCUT2D eigenvalue weighted by molar-refractivity contribution is -0.143. The summed E-state index contributed by atoms with van der Waals surface area (Å²) in [5, 5.41) is 27.8. The van der Waals surface area contributed by atoms with Crippen LogP contribution in [0.25, 0.3) is 0 Å². The monoisotopic (exact) mass is 325 g/mol. The zero-order valence-electron chi connectivity index (χ0n) is 12.0. The molecule has 0 unspecified atom stereocenters. The summed E-state index contributed by atoms with van der Waals surface area (Å²) < 4.78 is 8.43. The minimum atomic E-state index is -1.37. The average Bonchev–Trinajstić information content (AvgIpc) is 3.12. The Kier molecular flexibility index (Phi) is 3.26. The van der Waals surface area contributed by atoms with Crippen LogP contribution in [0.15, 0.2) is 22.0 Å². The van der Waals surface area contributed by atoms with Gasteiger partial charge < -0.3 is 20.4 Å². The zero-order chi connectivity index (χ0) is 15.6. The molecule has 0 spiro atoms. The summed E-state index contributed by atoms with van der Waals surface area (Å²) in [6.07, 6.45) is 0.795. The van der Waals surface area contributed by atoms with E-state index >= 15 is 0 Å². The molecule has 0 aliphatic carbocycles. The third-order valence-corrected chi connectivity index (χ3v) is 4.37. The van der Waals surface area contributed by atoms with Gasteiger partial charge in [-0.2, -0.15) is 0 Å². The van der Waals surface area contributed by atoms with E-state index in [1.807, 2.05) is 0 Å². The molecular formula is C12H15N5O6. The third-order valence-electron chi connectivity index (χ3n) is 4.37. The second kappa shape index (κ2) is 4.83. The van der Waals surface area contributed by atoms with Crippen LogP contribution in [0.3, 0.4) is 0 Å². The van der Waals surface area contributed by atoms with Crippen LogP contribution in [0.5, 0.6) is 0 Å². The molecule has 1 fully saturated rings. The summed E-state index contributed by atoms with van der Waals surface area (Å²) in [5.41, 5.74) is -1.73. The molecule has 11 heteroatoms. The molecule has 2 bridgehead atoms. The van der Waals surface area contributed by atoms with E-state index in [2.05, 4.69) is 15.3 Å². The second-order valence-corrected chi connectivity index (χ2v) is 5.53. The topological polar surface area (TPSA) is 167 Å². The summed E-state index contributed by atoms with van der Waals surface area (Å²) in [4.78, 5) is 25.7. The quantitative estimate of drug-likeness (QED) is 0.527. The number of H-pyrrole nitrogens is 1. The summed E-state index contributed by atoms with van der Waals surface area (Å²) in [5.74, 6) is 0. The number of ether oxygens (including phenoxy) is 1. The van der Waals surface area contributed by atoms with Crippen LogP contribution in [0.4, 0.5) is 0 Å². The van der Waals surface area contributed by atoms with Gasteiger partial charge in [-0.05, 0) is 6.92 Å². The number of hydrogen-bond acceptors (Lipinski definition) is 7. The smallest absolute Gasteiger partial charge is 0.330 e. The molecule has 1 saturated heterocycles. The summed E-state index contributed by atoms with van der Waals surface area (Å²) >= 11 is 0. The molecule has 2 aliphatic rings. The fraction of sp³-hybridized carbons (Fsp3) is 0.500. The van der Waals surface area contributed by atoms with Gasteiger partial charge in [-0.3, -0.25) is 14.3 Å². The first-order valence-corrected chi connectivity index (χ1v) is 6.69. The van der Waals surface area contributed by atoms with E-state index < -0.39 is 41.8 Å². The van der Waals surface area contributed by atoms with E-state index in [-0.39, 0.29) is 5.48 Å². The molecule has 23 heavy (non-hydrogen) atoms. The van der Waals surface area contributed by atoms with Gasteiger partial charge >= 0.3 is 5.69 Å². The number of rotatable bonds is 2. The lowest BCUT2D eigenvalue weighted by atomic mass is 9.97. The highest BCUT2D eigenvalue weighted by Crippen LogP contribution is 2.54. The largest absolute Gasteiger partial charge is 0.412 e. The van der Waals surface area contributed by atoms with Gasteiger partial charge in [0, 0.05) is 11.8 Å². The van der Waals surface area contributed by atoms with Crippen molar-refractivity contribution in [1.29, 1.82) is 0 Å². The van der Waals surface area contributed by atoms with Crippen LogP contribution in [-0.4, -0.2) is 52.9 Å². The number of hydrogen-bond donors (Lipinski definition) is 3. The molecule has 0 radical (unpaired) electrons. The van der Waals surface area contributed by atoms with Gasteiger partial charge in [-0.15, -0.1) is 5.10 Å². The minimum Gasteiger partial charge on any atom is -0.412 e. The summed E-state index contributed by atoms with van der Waals surface area (Å²) in [6.45, 7) is 1.08. The molecule has 4 rings (SSSR count). The molecule has 2 aromatic rings. The second-order valence-electron chi connectivity index (χ2n) is 5.53. The number of aliphatic hydroxyl groups is 2. The Hall–Kier alpha value is -2.34. The number of fused-ring (bicyclic) bond motifs is 5. The lowest BCUT2D eigenvalue weighted by Gasteiger charge is -2.29. The van der Waals surface area contributed by atoms with Gasteiger partial charge in [-0.25, -0.2) is 9.48 Å². The van der Waals surface area contributed by atoms with Gasteiger partial charge in [0.25, 0.3) is 5.56 Å². The number of nitrogens with one attached hydrogen (secondary N) is 1. The highest BCUT2D eigenvalue weighted by Gasteiger charge is 2.65. The first-order chi connectivity index (χ1) is 10.5. The molecule has 5 N–H and O–H groups in total. The predicted octanol–water partition coefficient (Wildman–Crippen LogP) is -3.06. The van der Waals surface area contributed by atoms with Crippen molar-refractivity contribution in [2.45, 2.75) is 30.9 Å². The van der Waals surface area contributed by atoms with E-state index in [0.29, 0.717) is 11.3 Å². The van der Waals surface area contributed by atoms with Crippen LogP contribution in [0, 0.1) is 6.92 Å². The number of aliphatic hydroxyl groups excluding tert-OH is 2. The van der Waals surface area contributed by atoms with E-state index in [1.54, 1.807) is 6.92 Å². The van der Waals surface area contributed by atoms with E-state index in [0.717, 1.165) is 0 Å². The van der Waals surface area contributed by atoms with Gasteiger partial charge in [0.05, 0.1) is 18.5 Å². The molecular weight excluding hydrogens is 310 g/mol. The molecule has 124 valence electrons. The fourth-order valence-electron chi connectivity index (χ4n) is 3.23. The van der Waals surface area contributed by atoms with Crippen molar-refractivity contribution >= 4 is 0 Å². The highest BCUT2D eigenvalue weighted by atomic mass is 16.6. The Morgan fingerprint density at radius 1 is 1.48 bits per heavy atom. The average molecular weight is 325 g/mol. The van der Waals surface area contributed by atoms with Crippen LogP contribution in [0.1, 0.15) is 23.5 Å². The molecule has 0 saturated carbocycles. The minimum absolute atomic E-state index is 0. The van der Waals surface area contributed by atoms with Crippen molar-refractivity contribution in [2.75, 3.05) is 6.61 Å². The Balaban J connectivity index is 0.00000156. The number of nitrogens with zero attached hydrogens (tertiary/aromatic N) is 4. The number of aromatic nitrogens is 5. The van der Waals surface area contributed by atoms with Crippen molar-refractivity contribution in [1.82, 2.24) is 24.5 Å². The number of aryl methyl sites for hydroxylation is 1. The van der Waals surface area contributed by atoms with Crippen LogP contribution in [0.2, 0.25) is 0 Å². The third kappa shape index (κ3) is 1.72. The normalized spacial score (nSPS) is 31.0. The van der Waals surface area contributed by atoms with Crippen molar-refractivity contribution in [3.05, 3.63) is 44.5 Å². The van der Waals surface area contributed by atoms with Crippen molar-refractivity contribution in [3.8, 4) is 0 Å². The highest BCUT2D eigenvalue weighted by molar-refractivity contribution is 5.25. The molecule has 2 aromatic heterocycles. The van der Waals surface area contributed by atoms with E-state index in [1.165, 1.54) is 21.6 Å². The van der Waals surface area contributed by atoms with E-state index in [4.69, 9.17) is 4.74 Å². The zero-order valence-corrected chi connectivity index (χ0v) is 12.0. The molecule has 4 atom stereocenters. The first-order valence-electron chi connectivity index (χ1n) is 6.69. The Morgan fingerprint density at radius 2 is 2.22 bits per heavy atom. The lowest BCUT2D eigenvalue weighted by Crippen LogP contribution is -2.40. The first kappa shape index (κ1) is 15.6. The molecule has 0 amide bonds. The Labute approximate surface area is 128 Å². The van der Waals surface area contributed by atoms with Gasteiger partial charge in [0.2, 0.25) is 0 Å². The van der Waals surface area contributed by atoms with E-state index in [9.17, 15) is 19.8 Å². The maximum atomic E-state index is 12.0. The van der Waals surface area contributed by atoms with Gasteiger partial charge in [0.1, 0.15) is 12.1 Å². The molecule has 0 aromatic carbocycles. The van der Waals surface area contributed by atoms with Crippen molar-refractivity contribution < 1.29 is 20.4 Å². The summed E-state index contributed by atoms with van der Waals surface area (Å²) in [7, 11) is 0. The van der Waals surface area contributed by atoms with Gasteiger partial charge in [0.15, 0.2) is 11.8 Å². The molecule has 11 nitrogen and oxygen atoms in total. The maximum Gasteiger partial charge on any atom is 0.330 e. The van der Waals surface area contributed by atoms with Crippen LogP contribution in [-0.2, 0) is 10.3 Å². The molecule has 2 aliphatic heterocycles. The standard InChI is InChI=1S/C12H13N5O5.H2O/c1-5-3-16(11(21)14-9(5)20)10-7-8(19)12(4-18,22-10)6-2-13-15-17(6)7;/h2-3,7-8,10,18-19H,4H2,1H3,(H,14,20,21);1H2/t7-,8+,10-,12+;/m1./s1. The fourth-order valence-corrected chi connectivity index (χ4v) is 3.23. The van der Waals surface area contributed by atoms with Crippen LogP contribution >= 0.6 is 0 Å². The van der Waals surface area contributed by atoms with Crippen LogP contribution < -0.4 is 11.2 Å².